The Morgan fingerprint density at radius 3 is 2.36 bits per heavy atom. The summed E-state index contributed by atoms with van der Waals surface area (Å²) in [5, 5.41) is 10.1. The number of aliphatic carboxylic acids is 1. The van der Waals surface area contributed by atoms with E-state index in [-0.39, 0.29) is 6.42 Å². The Kier molecular flexibility index (Phi) is 4.52. The molecule has 66 valence electrons. The maximum absolute atomic E-state index is 10.1. The molecule has 0 unspecified atom stereocenters. The van der Waals surface area contributed by atoms with Crippen molar-refractivity contribution in [3.8, 4) is 0 Å². The van der Waals surface area contributed by atoms with Crippen LogP contribution in [0.3, 0.4) is 0 Å². The van der Waals surface area contributed by atoms with Crippen LogP contribution < -0.4 is 5.11 Å². The average Bonchev–Trinajstić information content (AvgIpc) is 1.84. The summed E-state index contributed by atoms with van der Waals surface area (Å²) in [6.07, 6.45) is 0.126. The van der Waals surface area contributed by atoms with E-state index < -0.39 is 5.97 Å². The lowest BCUT2D eigenvalue weighted by Gasteiger charge is -2.29. The third kappa shape index (κ3) is 6.19. The van der Waals surface area contributed by atoms with Gasteiger partial charge in [-0.15, -0.1) is 0 Å². The molecule has 0 aromatic heterocycles. The maximum Gasteiger partial charge on any atom is 0.0872 e. The van der Waals surface area contributed by atoms with Crippen LogP contribution >= 0.6 is 12.6 Å². The summed E-state index contributed by atoms with van der Waals surface area (Å²) < 4.78 is 0.692. The smallest absolute Gasteiger partial charge is 0.0872 e. The summed E-state index contributed by atoms with van der Waals surface area (Å²) in [6.45, 7) is 1.50. The summed E-state index contributed by atoms with van der Waals surface area (Å²) in [6, 6.07) is 0. The lowest BCUT2D eigenvalue weighted by molar-refractivity contribution is -0.887. The van der Waals surface area contributed by atoms with Crippen LogP contribution in [0.2, 0.25) is 0 Å². The molecule has 0 aliphatic heterocycles. The zero-order valence-electron chi connectivity index (χ0n) is 7.04. The number of carboxylic acids is 1. The van der Waals surface area contributed by atoms with Gasteiger partial charge >= 0.3 is 0 Å². The fraction of sp³-hybridized carbons (Fsp3) is 0.857. The molecule has 0 heterocycles. The molecular formula is C7H15NO2S. The van der Waals surface area contributed by atoms with Crippen molar-refractivity contribution in [2.24, 2.45) is 0 Å². The van der Waals surface area contributed by atoms with E-state index in [2.05, 4.69) is 12.6 Å². The zero-order chi connectivity index (χ0) is 8.91. The number of hydrogen-bond donors (Lipinski definition) is 1. The summed E-state index contributed by atoms with van der Waals surface area (Å²) in [4.78, 5) is 10.1. The predicted molar refractivity (Wildman–Crippen MR) is 45.3 cm³/mol. The summed E-state index contributed by atoms with van der Waals surface area (Å²) in [5.74, 6) is -0.199. The number of nitrogens with zero attached hydrogens (tertiary/aromatic N) is 1. The van der Waals surface area contributed by atoms with E-state index in [0.29, 0.717) is 11.0 Å². The van der Waals surface area contributed by atoms with Gasteiger partial charge < -0.3 is 14.4 Å². The molecule has 0 saturated carbocycles. The first-order chi connectivity index (χ1) is 4.98. The molecule has 0 spiro atoms. The van der Waals surface area contributed by atoms with Gasteiger partial charge in [0.2, 0.25) is 0 Å². The number of carbonyl (C=O) groups excluding carboxylic acids is 1. The minimum absolute atomic E-state index is 0.126. The number of carboxylic acid groups (broad SMARTS) is 1. The molecule has 0 bridgehead atoms. The van der Waals surface area contributed by atoms with E-state index in [1.807, 2.05) is 14.1 Å². The second-order valence-corrected chi connectivity index (χ2v) is 3.68. The second kappa shape index (κ2) is 4.62. The predicted octanol–water partition coefficient (Wildman–Crippen LogP) is -0.867. The molecule has 3 nitrogen and oxygen atoms in total. The Hall–Kier alpha value is -0.220. The Labute approximate surface area is 73.0 Å². The Bertz CT molecular complexity index is 136. The minimum Gasteiger partial charge on any atom is -0.550 e. The first-order valence-electron chi connectivity index (χ1n) is 3.60. The van der Waals surface area contributed by atoms with Gasteiger partial charge in [-0.1, -0.05) is 0 Å². The van der Waals surface area contributed by atoms with Crippen LogP contribution in [0.4, 0.5) is 0 Å². The molecule has 0 aromatic carbocycles. The highest BCUT2D eigenvalue weighted by Gasteiger charge is 2.12. The van der Waals surface area contributed by atoms with E-state index in [1.54, 1.807) is 0 Å². The van der Waals surface area contributed by atoms with Gasteiger partial charge in [0.15, 0.2) is 0 Å². The first kappa shape index (κ1) is 10.8. The third-order valence-electron chi connectivity index (χ3n) is 1.63. The van der Waals surface area contributed by atoms with E-state index in [9.17, 15) is 9.90 Å². The molecule has 0 aliphatic carbocycles. The van der Waals surface area contributed by atoms with Gasteiger partial charge in [-0.05, 0) is 0 Å². The molecule has 0 radical (unpaired) electrons. The number of carbonyl (C=O) groups is 1. The number of rotatable bonds is 5. The van der Waals surface area contributed by atoms with Gasteiger partial charge in [0, 0.05) is 18.1 Å². The van der Waals surface area contributed by atoms with Gasteiger partial charge in [-0.2, -0.15) is 12.6 Å². The number of quaternary nitrogens is 1. The molecule has 0 rings (SSSR count). The van der Waals surface area contributed by atoms with Crippen LogP contribution in [0.25, 0.3) is 0 Å². The lowest BCUT2D eigenvalue weighted by Crippen LogP contribution is -2.44. The molecule has 0 amide bonds. The first-order valence-corrected chi connectivity index (χ1v) is 4.24. The van der Waals surface area contributed by atoms with Crippen LogP contribution in [-0.4, -0.2) is 43.4 Å². The molecule has 0 aliphatic rings. The van der Waals surface area contributed by atoms with Crippen molar-refractivity contribution in [1.82, 2.24) is 0 Å². The molecule has 11 heavy (non-hydrogen) atoms. The van der Waals surface area contributed by atoms with Gasteiger partial charge in [0.1, 0.15) is 0 Å². The number of hydrogen-bond acceptors (Lipinski definition) is 3. The normalized spacial score (nSPS) is 11.5. The summed E-state index contributed by atoms with van der Waals surface area (Å²) in [5.41, 5.74) is 0. The Morgan fingerprint density at radius 1 is 1.45 bits per heavy atom. The quantitative estimate of drug-likeness (QED) is 0.438. The molecule has 0 N–H and O–H groups in total. The van der Waals surface area contributed by atoms with Gasteiger partial charge in [-0.25, -0.2) is 0 Å². The Balaban J connectivity index is 3.63. The van der Waals surface area contributed by atoms with Crippen LogP contribution in [-0.2, 0) is 4.79 Å². The molecule has 0 atom stereocenters. The third-order valence-corrected chi connectivity index (χ3v) is 1.83. The number of thiol groups is 1. The monoisotopic (exact) mass is 177 g/mol. The highest BCUT2D eigenvalue weighted by atomic mass is 32.1. The van der Waals surface area contributed by atoms with Crippen LogP contribution in [0.1, 0.15) is 6.42 Å². The minimum atomic E-state index is -0.977. The maximum atomic E-state index is 10.1. The molecule has 4 heteroatoms. The van der Waals surface area contributed by atoms with Crippen LogP contribution in [0.5, 0.6) is 0 Å². The molecule has 0 saturated heterocycles. The van der Waals surface area contributed by atoms with E-state index in [0.717, 1.165) is 12.3 Å². The van der Waals surface area contributed by atoms with Crippen LogP contribution in [0, 0.1) is 0 Å². The second-order valence-electron chi connectivity index (χ2n) is 3.23. The summed E-state index contributed by atoms with van der Waals surface area (Å²) in [7, 11) is 3.97. The topological polar surface area (TPSA) is 40.1 Å². The van der Waals surface area contributed by atoms with Crippen molar-refractivity contribution in [3.63, 3.8) is 0 Å². The lowest BCUT2D eigenvalue weighted by atomic mass is 10.3. The average molecular weight is 177 g/mol. The van der Waals surface area contributed by atoms with Crippen molar-refractivity contribution in [1.29, 1.82) is 0 Å². The van der Waals surface area contributed by atoms with E-state index in [1.165, 1.54) is 0 Å². The molecule has 0 fully saturated rings. The standard InChI is InChI=1S/C7H15NO2S/c1-8(2,5-6-11)4-3-7(9)10/h3-6H2,1-2H3,(H-,9,10,11). The largest absolute Gasteiger partial charge is 0.550 e. The van der Waals surface area contributed by atoms with E-state index in [4.69, 9.17) is 0 Å². The van der Waals surface area contributed by atoms with Gasteiger partial charge in [0.05, 0.1) is 27.2 Å². The summed E-state index contributed by atoms with van der Waals surface area (Å²) >= 11 is 4.08. The molecule has 0 aromatic rings. The van der Waals surface area contributed by atoms with Crippen molar-refractivity contribution >= 4 is 18.6 Å². The van der Waals surface area contributed by atoms with Gasteiger partial charge in [0.25, 0.3) is 0 Å². The highest BCUT2D eigenvalue weighted by molar-refractivity contribution is 7.80. The van der Waals surface area contributed by atoms with Crippen molar-refractivity contribution in [3.05, 3.63) is 0 Å². The van der Waals surface area contributed by atoms with Crippen molar-refractivity contribution in [2.75, 3.05) is 32.9 Å². The SMILES string of the molecule is C[N+](C)(CCS)CCC(=O)[O-]. The molecular weight excluding hydrogens is 162 g/mol. The van der Waals surface area contributed by atoms with E-state index >= 15 is 0 Å². The fourth-order valence-electron chi connectivity index (χ4n) is 0.776. The van der Waals surface area contributed by atoms with Crippen molar-refractivity contribution in [2.45, 2.75) is 6.42 Å². The Morgan fingerprint density at radius 2 is 2.00 bits per heavy atom. The van der Waals surface area contributed by atoms with Crippen LogP contribution in [0.15, 0.2) is 0 Å². The van der Waals surface area contributed by atoms with Gasteiger partial charge in [-0.3, -0.25) is 0 Å². The zero-order valence-corrected chi connectivity index (χ0v) is 7.93. The van der Waals surface area contributed by atoms with Crippen molar-refractivity contribution < 1.29 is 14.4 Å². The fourth-order valence-corrected chi connectivity index (χ4v) is 1.32. The highest BCUT2D eigenvalue weighted by Crippen LogP contribution is 1.98.